The smallest absolute Gasteiger partial charge is 0.00343 e. The summed E-state index contributed by atoms with van der Waals surface area (Å²) >= 11 is 0. The molecule has 0 radical (unpaired) electrons. The molecule has 0 unspecified atom stereocenters. The van der Waals surface area contributed by atoms with E-state index in [1.54, 1.807) is 0 Å². The molecular weight excluding hydrogens is 182 g/mol. The first-order chi connectivity index (χ1) is 7.15. The quantitative estimate of drug-likeness (QED) is 0.772. The highest BCUT2D eigenvalue weighted by atomic mass is 14.8. The molecule has 1 N–H and O–H groups in total. The van der Waals surface area contributed by atoms with E-state index >= 15 is 0 Å². The molecular formula is C14H21N. The lowest BCUT2D eigenvalue weighted by molar-refractivity contribution is 0.801. The minimum absolute atomic E-state index is 0.601. The summed E-state index contributed by atoms with van der Waals surface area (Å²) in [5, 5.41) is 3.09. The highest BCUT2D eigenvalue weighted by Crippen LogP contribution is 2.20. The van der Waals surface area contributed by atoms with Gasteiger partial charge in [0.05, 0.1) is 0 Å². The van der Waals surface area contributed by atoms with E-state index in [1.807, 2.05) is 7.05 Å². The van der Waals surface area contributed by atoms with Crippen LogP contribution in [0.5, 0.6) is 0 Å². The summed E-state index contributed by atoms with van der Waals surface area (Å²) in [5.41, 5.74) is 4.01. The molecule has 0 saturated carbocycles. The fourth-order valence-corrected chi connectivity index (χ4v) is 1.74. The molecule has 0 bridgehead atoms. The molecule has 1 aromatic rings. The minimum Gasteiger partial charge on any atom is -0.392 e. The second-order valence-corrected chi connectivity index (χ2v) is 4.21. The van der Waals surface area contributed by atoms with E-state index in [4.69, 9.17) is 0 Å². The molecule has 1 heteroatoms. The molecule has 0 fully saturated rings. The molecule has 15 heavy (non-hydrogen) atoms. The SMILES string of the molecule is C=C(CCc1ccccc1C(C)C)NC. The lowest BCUT2D eigenvalue weighted by Gasteiger charge is -2.13. The topological polar surface area (TPSA) is 12.0 Å². The van der Waals surface area contributed by atoms with Gasteiger partial charge in [0.2, 0.25) is 0 Å². The van der Waals surface area contributed by atoms with Gasteiger partial charge in [-0.2, -0.15) is 0 Å². The summed E-state index contributed by atoms with van der Waals surface area (Å²) in [5.74, 6) is 0.601. The van der Waals surface area contributed by atoms with Crippen molar-refractivity contribution in [2.75, 3.05) is 7.05 Å². The standard InChI is InChI=1S/C14H21N/c1-11(2)14-8-6-5-7-13(14)10-9-12(3)15-4/h5-8,11,15H,3,9-10H2,1-2,4H3. The Morgan fingerprint density at radius 3 is 2.60 bits per heavy atom. The summed E-state index contributed by atoms with van der Waals surface area (Å²) < 4.78 is 0. The van der Waals surface area contributed by atoms with Gasteiger partial charge in [-0.15, -0.1) is 0 Å². The number of hydrogen-bond acceptors (Lipinski definition) is 1. The van der Waals surface area contributed by atoms with E-state index < -0.39 is 0 Å². The molecule has 1 nitrogen and oxygen atoms in total. The van der Waals surface area contributed by atoms with Crippen molar-refractivity contribution in [2.45, 2.75) is 32.6 Å². The second-order valence-electron chi connectivity index (χ2n) is 4.21. The summed E-state index contributed by atoms with van der Waals surface area (Å²) in [6.45, 7) is 8.44. The highest BCUT2D eigenvalue weighted by Gasteiger charge is 2.05. The maximum atomic E-state index is 3.95. The maximum Gasteiger partial charge on any atom is 0.00343 e. The molecule has 0 aliphatic heterocycles. The van der Waals surface area contributed by atoms with Gasteiger partial charge >= 0.3 is 0 Å². The first-order valence-corrected chi connectivity index (χ1v) is 5.58. The largest absolute Gasteiger partial charge is 0.392 e. The lowest BCUT2D eigenvalue weighted by atomic mass is 9.94. The molecule has 0 heterocycles. The van der Waals surface area contributed by atoms with Crippen molar-refractivity contribution in [3.8, 4) is 0 Å². The third-order valence-electron chi connectivity index (χ3n) is 2.73. The Balaban J connectivity index is 2.71. The van der Waals surface area contributed by atoms with Gasteiger partial charge in [0.15, 0.2) is 0 Å². The zero-order valence-electron chi connectivity index (χ0n) is 10.0. The molecule has 1 rings (SSSR count). The number of allylic oxidation sites excluding steroid dienone is 1. The first-order valence-electron chi connectivity index (χ1n) is 5.58. The fourth-order valence-electron chi connectivity index (χ4n) is 1.74. The second kappa shape index (κ2) is 5.59. The van der Waals surface area contributed by atoms with Gasteiger partial charge in [-0.05, 0) is 29.9 Å². The maximum absolute atomic E-state index is 3.95. The molecule has 0 aliphatic carbocycles. The summed E-state index contributed by atoms with van der Waals surface area (Å²) in [4.78, 5) is 0. The molecule has 0 aromatic heterocycles. The molecule has 82 valence electrons. The molecule has 0 amide bonds. The number of hydrogen-bond donors (Lipinski definition) is 1. The van der Waals surface area contributed by atoms with Crippen molar-refractivity contribution in [1.82, 2.24) is 5.32 Å². The van der Waals surface area contributed by atoms with Gasteiger partial charge in [0.1, 0.15) is 0 Å². The Kier molecular flexibility index (Phi) is 4.41. The van der Waals surface area contributed by atoms with Crippen LogP contribution < -0.4 is 5.32 Å². The molecule has 1 aromatic carbocycles. The zero-order chi connectivity index (χ0) is 11.3. The predicted octanol–water partition coefficient (Wildman–Crippen LogP) is 3.48. The first kappa shape index (κ1) is 11.8. The number of rotatable bonds is 5. The average Bonchev–Trinajstić information content (AvgIpc) is 2.26. The van der Waals surface area contributed by atoms with Crippen molar-refractivity contribution in [1.29, 1.82) is 0 Å². The van der Waals surface area contributed by atoms with Crippen LogP contribution in [0.2, 0.25) is 0 Å². The summed E-state index contributed by atoms with van der Waals surface area (Å²) in [6, 6.07) is 8.68. The van der Waals surface area contributed by atoms with Gasteiger partial charge in [-0.1, -0.05) is 44.7 Å². The molecule has 0 saturated heterocycles. The van der Waals surface area contributed by atoms with Gasteiger partial charge in [-0.25, -0.2) is 0 Å². The number of nitrogens with one attached hydrogen (secondary N) is 1. The normalized spacial score (nSPS) is 10.4. The van der Waals surface area contributed by atoms with Gasteiger partial charge in [0.25, 0.3) is 0 Å². The number of aryl methyl sites for hydroxylation is 1. The molecule has 0 atom stereocenters. The van der Waals surface area contributed by atoms with Crippen LogP contribution in [0.25, 0.3) is 0 Å². The zero-order valence-corrected chi connectivity index (χ0v) is 10.0. The van der Waals surface area contributed by atoms with Crippen LogP contribution in [0.4, 0.5) is 0 Å². The van der Waals surface area contributed by atoms with Crippen molar-refractivity contribution in [3.63, 3.8) is 0 Å². The van der Waals surface area contributed by atoms with Crippen molar-refractivity contribution < 1.29 is 0 Å². The van der Waals surface area contributed by atoms with Crippen LogP contribution in [0.3, 0.4) is 0 Å². The Bertz CT molecular complexity index is 326. The molecule has 0 aliphatic rings. The van der Waals surface area contributed by atoms with Gasteiger partial charge in [0, 0.05) is 12.7 Å². The van der Waals surface area contributed by atoms with Gasteiger partial charge in [-0.3, -0.25) is 0 Å². The van der Waals surface area contributed by atoms with E-state index in [-0.39, 0.29) is 0 Å². The monoisotopic (exact) mass is 203 g/mol. The van der Waals surface area contributed by atoms with Crippen LogP contribution in [0.1, 0.15) is 37.3 Å². The van der Waals surface area contributed by atoms with E-state index in [2.05, 4.69) is 50.0 Å². The lowest BCUT2D eigenvalue weighted by Crippen LogP contribution is -2.06. The highest BCUT2D eigenvalue weighted by molar-refractivity contribution is 5.30. The summed E-state index contributed by atoms with van der Waals surface area (Å²) in [6.07, 6.45) is 2.09. The van der Waals surface area contributed by atoms with Crippen LogP contribution in [0, 0.1) is 0 Å². The van der Waals surface area contributed by atoms with Crippen LogP contribution >= 0.6 is 0 Å². The number of benzene rings is 1. The van der Waals surface area contributed by atoms with Crippen molar-refractivity contribution in [2.24, 2.45) is 0 Å². The van der Waals surface area contributed by atoms with Crippen molar-refractivity contribution >= 4 is 0 Å². The van der Waals surface area contributed by atoms with Crippen LogP contribution in [-0.2, 0) is 6.42 Å². The third kappa shape index (κ3) is 3.43. The van der Waals surface area contributed by atoms with E-state index in [9.17, 15) is 0 Å². The molecule has 0 spiro atoms. The predicted molar refractivity (Wildman–Crippen MR) is 67.1 cm³/mol. The van der Waals surface area contributed by atoms with Crippen LogP contribution in [-0.4, -0.2) is 7.05 Å². The van der Waals surface area contributed by atoms with Crippen LogP contribution in [0.15, 0.2) is 36.5 Å². The Labute approximate surface area is 93.2 Å². The Morgan fingerprint density at radius 1 is 1.33 bits per heavy atom. The van der Waals surface area contributed by atoms with E-state index in [0.29, 0.717) is 5.92 Å². The average molecular weight is 203 g/mol. The van der Waals surface area contributed by atoms with E-state index in [0.717, 1.165) is 18.5 Å². The Morgan fingerprint density at radius 2 is 2.00 bits per heavy atom. The van der Waals surface area contributed by atoms with Crippen molar-refractivity contribution in [3.05, 3.63) is 47.7 Å². The van der Waals surface area contributed by atoms with Gasteiger partial charge < -0.3 is 5.32 Å². The Hall–Kier alpha value is -1.24. The van der Waals surface area contributed by atoms with E-state index in [1.165, 1.54) is 11.1 Å². The third-order valence-corrected chi connectivity index (χ3v) is 2.73. The minimum atomic E-state index is 0.601. The summed E-state index contributed by atoms with van der Waals surface area (Å²) in [7, 11) is 1.93. The fraction of sp³-hybridized carbons (Fsp3) is 0.429.